The summed E-state index contributed by atoms with van der Waals surface area (Å²) in [6, 6.07) is 9.35. The van der Waals surface area contributed by atoms with E-state index in [4.69, 9.17) is 5.73 Å². The molecule has 0 spiro atoms. The quantitative estimate of drug-likeness (QED) is 0.369. The topological polar surface area (TPSA) is 103 Å². The molecule has 0 aliphatic carbocycles. The molecule has 4 rings (SSSR count). The number of rotatable bonds is 5. The van der Waals surface area contributed by atoms with Crippen LogP contribution >= 0.6 is 11.3 Å². The van der Waals surface area contributed by atoms with Crippen molar-refractivity contribution < 1.29 is 35.9 Å². The summed E-state index contributed by atoms with van der Waals surface area (Å²) in [6.45, 7) is -0.666. The van der Waals surface area contributed by atoms with Crippen LogP contribution in [0.15, 0.2) is 48.7 Å². The van der Waals surface area contributed by atoms with Crippen LogP contribution in [0, 0.1) is 0 Å². The second kappa shape index (κ2) is 8.69. The van der Waals surface area contributed by atoms with Gasteiger partial charge in [-0.3, -0.25) is 14.3 Å². The molecule has 4 aromatic rings. The molecule has 2 amide bonds. The van der Waals surface area contributed by atoms with Crippen molar-refractivity contribution in [1.82, 2.24) is 14.8 Å². The third-order valence-electron chi connectivity index (χ3n) is 4.76. The molecule has 35 heavy (non-hydrogen) atoms. The van der Waals surface area contributed by atoms with E-state index in [0.29, 0.717) is 23.0 Å². The lowest BCUT2D eigenvalue weighted by Crippen LogP contribution is -2.21. The summed E-state index contributed by atoms with van der Waals surface area (Å²) in [5.74, 6) is -1.92. The predicted molar refractivity (Wildman–Crippen MR) is 114 cm³/mol. The molecule has 0 fully saturated rings. The molecule has 0 saturated carbocycles. The minimum absolute atomic E-state index is 0.0282. The number of hydrogen-bond donors (Lipinski definition) is 2. The van der Waals surface area contributed by atoms with Gasteiger partial charge in [-0.2, -0.15) is 31.4 Å². The molecule has 1 aromatic carbocycles. The zero-order valence-corrected chi connectivity index (χ0v) is 18.1. The summed E-state index contributed by atoms with van der Waals surface area (Å²) < 4.78 is 79.6. The fourth-order valence-corrected chi connectivity index (χ4v) is 4.32. The first kappa shape index (κ1) is 24.2. The van der Waals surface area contributed by atoms with Crippen LogP contribution in [0.5, 0.6) is 0 Å². The van der Waals surface area contributed by atoms with Gasteiger partial charge < -0.3 is 11.1 Å². The lowest BCUT2D eigenvalue weighted by Gasteiger charge is -2.12. The number of nitrogens with two attached hydrogens (primary N) is 1. The molecule has 0 bridgehead atoms. The van der Waals surface area contributed by atoms with E-state index >= 15 is 0 Å². The molecule has 0 unspecified atom stereocenters. The van der Waals surface area contributed by atoms with Gasteiger partial charge in [-0.25, -0.2) is 4.98 Å². The van der Waals surface area contributed by atoms with Gasteiger partial charge in [0.2, 0.25) is 5.91 Å². The molecular weight excluding hydrogens is 500 g/mol. The van der Waals surface area contributed by atoms with E-state index in [1.807, 2.05) is 0 Å². The Balaban J connectivity index is 1.82. The van der Waals surface area contributed by atoms with Gasteiger partial charge in [-0.1, -0.05) is 30.3 Å². The minimum atomic E-state index is -4.80. The van der Waals surface area contributed by atoms with Crippen molar-refractivity contribution in [1.29, 1.82) is 0 Å². The highest BCUT2D eigenvalue weighted by Crippen LogP contribution is 2.43. The number of primary amides is 1. The Morgan fingerprint density at radius 3 is 2.23 bits per heavy atom. The Hall–Kier alpha value is -3.94. The van der Waals surface area contributed by atoms with Crippen molar-refractivity contribution in [3.63, 3.8) is 0 Å². The summed E-state index contributed by atoms with van der Waals surface area (Å²) in [6.07, 6.45) is -8.57. The largest absolute Gasteiger partial charge is 0.435 e. The van der Waals surface area contributed by atoms with Crippen molar-refractivity contribution in [2.75, 3.05) is 5.32 Å². The number of fused-ring (bicyclic) bond motifs is 1. The van der Waals surface area contributed by atoms with Crippen LogP contribution in [0.25, 0.3) is 21.3 Å². The van der Waals surface area contributed by atoms with Gasteiger partial charge in [0.15, 0.2) is 5.69 Å². The molecule has 3 aromatic heterocycles. The van der Waals surface area contributed by atoms with Gasteiger partial charge >= 0.3 is 12.4 Å². The number of nitrogens with zero attached hydrogens (tertiary/aromatic N) is 3. The Kier molecular flexibility index (Phi) is 6.00. The number of carbonyl (C=O) groups is 2. The molecule has 14 heteroatoms. The Morgan fingerprint density at radius 2 is 1.66 bits per heavy atom. The number of alkyl halides is 6. The van der Waals surface area contributed by atoms with E-state index < -0.39 is 42.1 Å². The number of benzene rings is 1. The second-order valence-electron chi connectivity index (χ2n) is 7.21. The third-order valence-corrected chi connectivity index (χ3v) is 5.86. The fraction of sp³-hybridized carbons (Fsp3) is 0.143. The lowest BCUT2D eigenvalue weighted by atomic mass is 10.0. The zero-order chi connectivity index (χ0) is 25.5. The normalized spacial score (nSPS) is 12.2. The summed E-state index contributed by atoms with van der Waals surface area (Å²) in [5, 5.41) is 5.70. The van der Waals surface area contributed by atoms with Crippen LogP contribution in [0.1, 0.15) is 21.1 Å². The monoisotopic (exact) mass is 513 g/mol. The van der Waals surface area contributed by atoms with Crippen LogP contribution in [-0.2, 0) is 23.7 Å². The highest BCUT2D eigenvalue weighted by atomic mass is 32.1. The van der Waals surface area contributed by atoms with E-state index in [1.165, 1.54) is 12.1 Å². The summed E-state index contributed by atoms with van der Waals surface area (Å²) in [5.41, 5.74) is 3.16. The van der Waals surface area contributed by atoms with E-state index in [-0.39, 0.29) is 26.3 Å². The highest BCUT2D eigenvalue weighted by Gasteiger charge is 2.35. The van der Waals surface area contributed by atoms with Gasteiger partial charge in [0.1, 0.15) is 21.9 Å². The number of carbonyl (C=O) groups excluding carboxylic acids is 2. The number of anilines is 1. The number of halogens is 6. The van der Waals surface area contributed by atoms with Crippen LogP contribution in [0.4, 0.5) is 32.0 Å². The second-order valence-corrected chi connectivity index (χ2v) is 8.21. The number of pyridine rings is 1. The van der Waals surface area contributed by atoms with Crippen molar-refractivity contribution in [2.45, 2.75) is 18.9 Å². The first-order valence-corrected chi connectivity index (χ1v) is 10.5. The van der Waals surface area contributed by atoms with Gasteiger partial charge in [-0.05, 0) is 23.3 Å². The van der Waals surface area contributed by atoms with Crippen molar-refractivity contribution in [3.8, 4) is 11.1 Å². The maximum Gasteiger partial charge on any atom is 0.435 e. The van der Waals surface area contributed by atoms with Crippen molar-refractivity contribution in [2.24, 2.45) is 5.73 Å². The number of thiophene rings is 1. The van der Waals surface area contributed by atoms with Crippen LogP contribution in [0.2, 0.25) is 0 Å². The fourth-order valence-electron chi connectivity index (χ4n) is 3.31. The number of nitrogens with one attached hydrogen (secondary N) is 1. The zero-order valence-electron chi connectivity index (χ0n) is 17.2. The van der Waals surface area contributed by atoms with E-state index in [1.54, 1.807) is 18.2 Å². The number of aromatic nitrogens is 3. The van der Waals surface area contributed by atoms with Crippen LogP contribution in [0.3, 0.4) is 0 Å². The molecule has 0 aliphatic rings. The van der Waals surface area contributed by atoms with Gasteiger partial charge in [0, 0.05) is 11.6 Å². The van der Waals surface area contributed by atoms with Crippen LogP contribution in [-0.4, -0.2) is 26.6 Å². The maximum atomic E-state index is 13.5. The molecule has 7 nitrogen and oxygen atoms in total. The van der Waals surface area contributed by atoms with E-state index in [9.17, 15) is 35.9 Å². The highest BCUT2D eigenvalue weighted by molar-refractivity contribution is 7.21. The molecule has 3 N–H and O–H groups in total. The average Bonchev–Trinajstić information content (AvgIpc) is 3.38. The third kappa shape index (κ3) is 4.96. The van der Waals surface area contributed by atoms with Crippen molar-refractivity contribution in [3.05, 3.63) is 64.9 Å². The van der Waals surface area contributed by atoms with E-state index in [2.05, 4.69) is 15.4 Å². The molecule has 182 valence electrons. The van der Waals surface area contributed by atoms with Gasteiger partial charge in [-0.15, -0.1) is 11.3 Å². The summed E-state index contributed by atoms with van der Waals surface area (Å²) in [4.78, 5) is 27.8. The summed E-state index contributed by atoms with van der Waals surface area (Å²) in [7, 11) is 0. The Bertz CT molecular complexity index is 1430. The lowest BCUT2D eigenvalue weighted by molar-refractivity contribution is -0.142. The molecule has 0 saturated heterocycles. The van der Waals surface area contributed by atoms with E-state index in [0.717, 1.165) is 16.9 Å². The average molecular weight is 513 g/mol. The summed E-state index contributed by atoms with van der Waals surface area (Å²) >= 11 is 0.555. The molecule has 0 radical (unpaired) electrons. The number of hydrogen-bond acceptors (Lipinski definition) is 5. The van der Waals surface area contributed by atoms with Crippen LogP contribution < -0.4 is 11.1 Å². The Labute approximate surface area is 196 Å². The van der Waals surface area contributed by atoms with Gasteiger partial charge in [0.25, 0.3) is 5.91 Å². The first-order chi connectivity index (χ1) is 16.3. The first-order valence-electron chi connectivity index (χ1n) is 9.65. The SMILES string of the molecule is NC(=O)c1sc2nc(C(F)(F)F)cc(-c3ccccc3)c2c1NC(=O)Cn1ccc(C(F)(F)F)n1. The number of amides is 2. The van der Waals surface area contributed by atoms with Gasteiger partial charge in [0.05, 0.1) is 5.69 Å². The van der Waals surface area contributed by atoms with Crippen molar-refractivity contribution >= 4 is 39.1 Å². The molecule has 3 heterocycles. The molecular formula is C21H13F6N5O2S. The molecule has 0 atom stereocenters. The predicted octanol–water partition coefficient (Wildman–Crippen LogP) is 4.94. The Morgan fingerprint density at radius 1 is 1.00 bits per heavy atom. The standard InChI is InChI=1S/C21H13F6N5O2S/c22-20(23,24)12-6-7-32(31-12)9-14(33)30-16-15-11(10-4-2-1-3-5-10)8-13(21(25,26)27)29-19(15)35-17(16)18(28)34/h1-8H,9H2,(H2,28,34)(H,30,33). The smallest absolute Gasteiger partial charge is 0.365 e. The molecule has 0 aliphatic heterocycles. The minimum Gasteiger partial charge on any atom is -0.365 e. The maximum absolute atomic E-state index is 13.5.